The van der Waals surface area contributed by atoms with Crippen molar-refractivity contribution in [2.45, 2.75) is 12.5 Å². The molecule has 1 nitrogen and oxygen atoms in total. The summed E-state index contributed by atoms with van der Waals surface area (Å²) < 4.78 is 14.3. The second-order valence-corrected chi connectivity index (χ2v) is 4.09. The van der Waals surface area contributed by atoms with Crippen LogP contribution in [0.3, 0.4) is 0 Å². The number of hydrogen-bond acceptors (Lipinski definition) is 1. The molecule has 0 bridgehead atoms. The molecule has 1 unspecified atom stereocenters. The van der Waals surface area contributed by atoms with E-state index in [1.54, 1.807) is 6.07 Å². The summed E-state index contributed by atoms with van der Waals surface area (Å²) in [6, 6.07) is 5.47. The van der Waals surface area contributed by atoms with Gasteiger partial charge in [0, 0.05) is 15.2 Å². The van der Waals surface area contributed by atoms with Crippen molar-refractivity contribution in [1.82, 2.24) is 5.32 Å². The van der Waals surface area contributed by atoms with Crippen LogP contribution < -0.4 is 5.32 Å². The predicted molar refractivity (Wildman–Crippen MR) is 54.5 cm³/mol. The summed E-state index contributed by atoms with van der Waals surface area (Å²) in [4.78, 5) is 0. The van der Waals surface area contributed by atoms with E-state index in [4.69, 9.17) is 0 Å². The molecule has 1 aromatic carbocycles. The summed E-state index contributed by atoms with van der Waals surface area (Å²) in [5, 5.41) is 3.20. The first-order chi connectivity index (χ1) is 5.79. The maximum Gasteiger partial charge on any atom is 0.129 e. The van der Waals surface area contributed by atoms with Gasteiger partial charge >= 0.3 is 0 Å². The molecule has 1 N–H and O–H groups in total. The second kappa shape index (κ2) is 3.30. The number of benzene rings is 1. The van der Waals surface area contributed by atoms with E-state index in [9.17, 15) is 4.39 Å². The van der Waals surface area contributed by atoms with Crippen molar-refractivity contribution in [2.24, 2.45) is 0 Å². The molecule has 2 rings (SSSR count). The Morgan fingerprint density at radius 3 is 2.75 bits per heavy atom. The van der Waals surface area contributed by atoms with Gasteiger partial charge in [0.05, 0.1) is 0 Å². The van der Waals surface area contributed by atoms with Crippen LogP contribution in [0.5, 0.6) is 0 Å². The Hall–Kier alpha value is -0.160. The maximum absolute atomic E-state index is 13.3. The lowest BCUT2D eigenvalue weighted by Gasteiger charge is -2.29. The molecule has 1 saturated heterocycles. The van der Waals surface area contributed by atoms with Crippen LogP contribution in [0.2, 0.25) is 0 Å². The summed E-state index contributed by atoms with van der Waals surface area (Å²) in [6.45, 7) is 1.01. The molecule has 1 aliphatic heterocycles. The van der Waals surface area contributed by atoms with Gasteiger partial charge in [0.15, 0.2) is 0 Å². The quantitative estimate of drug-likeness (QED) is 0.777. The van der Waals surface area contributed by atoms with Gasteiger partial charge in [-0.1, -0.05) is 6.07 Å². The fourth-order valence-electron chi connectivity index (χ4n) is 1.38. The summed E-state index contributed by atoms with van der Waals surface area (Å²) in [7, 11) is 0. The van der Waals surface area contributed by atoms with Crippen LogP contribution in [0, 0.1) is 9.39 Å². The Kier molecular flexibility index (Phi) is 2.32. The normalized spacial score (nSPS) is 22.0. The lowest BCUT2D eigenvalue weighted by atomic mass is 9.98. The van der Waals surface area contributed by atoms with Crippen LogP contribution in [-0.2, 0) is 0 Å². The highest BCUT2D eigenvalue weighted by Gasteiger charge is 2.23. The SMILES string of the molecule is Fc1cccc(I)c1C1CCN1. The van der Waals surface area contributed by atoms with Gasteiger partial charge in [0.25, 0.3) is 0 Å². The average molecular weight is 277 g/mol. The molecule has 3 heteroatoms. The molecule has 0 spiro atoms. The Balaban J connectivity index is 2.39. The standard InChI is InChI=1S/C9H9FIN/c10-6-2-1-3-7(11)9(6)8-4-5-12-8/h1-3,8,12H,4-5H2. The van der Waals surface area contributed by atoms with E-state index in [1.165, 1.54) is 6.07 Å². The molecule has 0 radical (unpaired) electrons. The van der Waals surface area contributed by atoms with Crippen molar-refractivity contribution >= 4 is 22.6 Å². The molecule has 1 heterocycles. The Morgan fingerprint density at radius 2 is 2.25 bits per heavy atom. The number of halogens is 2. The third-order valence-corrected chi connectivity index (χ3v) is 3.11. The molecule has 0 aliphatic carbocycles. The van der Waals surface area contributed by atoms with Gasteiger partial charge in [0.1, 0.15) is 5.82 Å². The molecule has 0 saturated carbocycles. The molecule has 1 aliphatic rings. The second-order valence-electron chi connectivity index (χ2n) is 2.93. The van der Waals surface area contributed by atoms with Gasteiger partial charge in [-0.2, -0.15) is 0 Å². The minimum atomic E-state index is -0.0842. The van der Waals surface area contributed by atoms with Gasteiger partial charge in [-0.25, -0.2) is 4.39 Å². The van der Waals surface area contributed by atoms with E-state index in [0.29, 0.717) is 0 Å². The molecular formula is C9H9FIN. The topological polar surface area (TPSA) is 12.0 Å². The first-order valence-corrected chi connectivity index (χ1v) is 5.04. The van der Waals surface area contributed by atoms with Crippen LogP contribution in [0.1, 0.15) is 18.0 Å². The Labute approximate surface area is 84.5 Å². The van der Waals surface area contributed by atoms with Gasteiger partial charge in [-0.05, 0) is 47.7 Å². The lowest BCUT2D eigenvalue weighted by Crippen LogP contribution is -2.36. The van der Waals surface area contributed by atoms with Crippen molar-refractivity contribution in [3.63, 3.8) is 0 Å². The molecule has 1 aromatic rings. The van der Waals surface area contributed by atoms with Crippen molar-refractivity contribution in [1.29, 1.82) is 0 Å². The van der Waals surface area contributed by atoms with Gasteiger partial charge in [-0.15, -0.1) is 0 Å². The van der Waals surface area contributed by atoms with E-state index < -0.39 is 0 Å². The van der Waals surface area contributed by atoms with Crippen molar-refractivity contribution in [2.75, 3.05) is 6.54 Å². The molecule has 0 amide bonds. The highest BCUT2D eigenvalue weighted by atomic mass is 127. The minimum absolute atomic E-state index is 0.0842. The van der Waals surface area contributed by atoms with Crippen molar-refractivity contribution < 1.29 is 4.39 Å². The number of rotatable bonds is 1. The van der Waals surface area contributed by atoms with E-state index in [-0.39, 0.29) is 11.9 Å². The van der Waals surface area contributed by atoms with Crippen LogP contribution in [-0.4, -0.2) is 6.54 Å². The fraction of sp³-hybridized carbons (Fsp3) is 0.333. The molecule has 1 fully saturated rings. The van der Waals surface area contributed by atoms with E-state index in [1.807, 2.05) is 6.07 Å². The monoisotopic (exact) mass is 277 g/mol. The van der Waals surface area contributed by atoms with E-state index in [2.05, 4.69) is 27.9 Å². The molecule has 12 heavy (non-hydrogen) atoms. The minimum Gasteiger partial charge on any atom is -0.310 e. The molecule has 1 atom stereocenters. The average Bonchev–Trinajstić information content (AvgIpc) is 1.93. The smallest absolute Gasteiger partial charge is 0.129 e. The Bertz CT molecular complexity index is 276. The zero-order valence-corrected chi connectivity index (χ0v) is 8.64. The highest BCUT2D eigenvalue weighted by molar-refractivity contribution is 14.1. The van der Waals surface area contributed by atoms with Crippen LogP contribution in [0.4, 0.5) is 4.39 Å². The summed E-state index contributed by atoms with van der Waals surface area (Å²) in [5.74, 6) is -0.0842. The largest absolute Gasteiger partial charge is 0.310 e. The summed E-state index contributed by atoms with van der Waals surface area (Å²) in [6.07, 6.45) is 1.05. The van der Waals surface area contributed by atoms with Crippen molar-refractivity contribution in [3.05, 3.63) is 33.1 Å². The van der Waals surface area contributed by atoms with Gasteiger partial charge in [0.2, 0.25) is 0 Å². The van der Waals surface area contributed by atoms with Gasteiger partial charge in [-0.3, -0.25) is 0 Å². The maximum atomic E-state index is 13.3. The van der Waals surface area contributed by atoms with Gasteiger partial charge < -0.3 is 5.32 Å². The zero-order valence-electron chi connectivity index (χ0n) is 6.48. The third-order valence-electron chi connectivity index (χ3n) is 2.17. The number of nitrogens with one attached hydrogen (secondary N) is 1. The first kappa shape index (κ1) is 8.44. The Morgan fingerprint density at radius 1 is 1.50 bits per heavy atom. The lowest BCUT2D eigenvalue weighted by molar-refractivity contribution is 0.369. The highest BCUT2D eigenvalue weighted by Crippen LogP contribution is 2.29. The third kappa shape index (κ3) is 1.35. The zero-order chi connectivity index (χ0) is 8.55. The van der Waals surface area contributed by atoms with Crippen LogP contribution in [0.25, 0.3) is 0 Å². The summed E-state index contributed by atoms with van der Waals surface area (Å²) in [5.41, 5.74) is 0.837. The van der Waals surface area contributed by atoms with Crippen LogP contribution >= 0.6 is 22.6 Å². The first-order valence-electron chi connectivity index (χ1n) is 3.96. The number of hydrogen-bond donors (Lipinski definition) is 1. The fourth-order valence-corrected chi connectivity index (χ4v) is 2.22. The van der Waals surface area contributed by atoms with E-state index in [0.717, 1.165) is 22.1 Å². The predicted octanol–water partition coefficient (Wildman–Crippen LogP) is 2.46. The molecule has 64 valence electrons. The molecule has 0 aromatic heterocycles. The molecular weight excluding hydrogens is 268 g/mol. The van der Waals surface area contributed by atoms with E-state index >= 15 is 0 Å². The summed E-state index contributed by atoms with van der Waals surface area (Å²) >= 11 is 2.18. The van der Waals surface area contributed by atoms with Crippen molar-refractivity contribution in [3.8, 4) is 0 Å². The van der Waals surface area contributed by atoms with Crippen LogP contribution in [0.15, 0.2) is 18.2 Å².